The Kier molecular flexibility index (Phi) is 5.71. The molecule has 8 heteroatoms. The van der Waals surface area contributed by atoms with E-state index in [0.717, 1.165) is 0 Å². The Labute approximate surface area is 118 Å². The van der Waals surface area contributed by atoms with E-state index in [4.69, 9.17) is 4.74 Å². The number of halogens is 1. The average molecular weight is 333 g/mol. The van der Waals surface area contributed by atoms with Gasteiger partial charge in [0.2, 0.25) is 0 Å². The fourth-order valence-electron chi connectivity index (χ4n) is 1.30. The first-order chi connectivity index (χ1) is 8.99. The van der Waals surface area contributed by atoms with Gasteiger partial charge in [0.15, 0.2) is 0 Å². The van der Waals surface area contributed by atoms with Crippen molar-refractivity contribution >= 4 is 27.6 Å². The fraction of sp³-hybridized carbons (Fsp3) is 0.364. The van der Waals surface area contributed by atoms with Crippen LogP contribution in [0.25, 0.3) is 0 Å². The Morgan fingerprint density at radius 2 is 2.26 bits per heavy atom. The number of benzene rings is 1. The highest BCUT2D eigenvalue weighted by molar-refractivity contribution is 9.10. The van der Waals surface area contributed by atoms with E-state index in [2.05, 4.69) is 26.0 Å². The first-order valence-corrected chi connectivity index (χ1v) is 6.10. The lowest BCUT2D eigenvalue weighted by molar-refractivity contribution is -0.385. The molecule has 0 fully saturated rings. The standard InChI is InChI=1S/C11H13BrN2O5/c1-13-9(11(15)18-2)6-19-10-5-7(14(16)17)3-4-8(10)12/h3-5,9,13H,6H2,1-2H3. The van der Waals surface area contributed by atoms with Crippen molar-refractivity contribution in [2.24, 2.45) is 0 Å². The second kappa shape index (κ2) is 7.05. The Balaban J connectivity index is 2.79. The third-order valence-corrected chi connectivity index (χ3v) is 3.02. The molecule has 1 atom stereocenters. The molecule has 1 aromatic rings. The lowest BCUT2D eigenvalue weighted by Gasteiger charge is -2.15. The molecule has 104 valence electrons. The van der Waals surface area contributed by atoms with Crippen LogP contribution in [0.2, 0.25) is 0 Å². The first kappa shape index (κ1) is 15.4. The quantitative estimate of drug-likeness (QED) is 0.482. The molecule has 0 amide bonds. The molecule has 0 heterocycles. The van der Waals surface area contributed by atoms with Gasteiger partial charge in [-0.2, -0.15) is 0 Å². The molecule has 0 aromatic heterocycles. The van der Waals surface area contributed by atoms with E-state index in [-0.39, 0.29) is 12.3 Å². The molecule has 0 radical (unpaired) electrons. The number of esters is 1. The minimum atomic E-state index is -0.642. The molecule has 1 rings (SSSR count). The number of nitro benzene ring substituents is 1. The monoisotopic (exact) mass is 332 g/mol. The molecule has 19 heavy (non-hydrogen) atoms. The summed E-state index contributed by atoms with van der Waals surface area (Å²) in [6, 6.07) is 3.51. The van der Waals surface area contributed by atoms with Crippen LogP contribution in [-0.2, 0) is 9.53 Å². The summed E-state index contributed by atoms with van der Waals surface area (Å²) in [5, 5.41) is 13.4. The van der Waals surface area contributed by atoms with Crippen molar-refractivity contribution in [3.8, 4) is 5.75 Å². The molecule has 1 aromatic carbocycles. The number of hydrogen-bond acceptors (Lipinski definition) is 6. The first-order valence-electron chi connectivity index (χ1n) is 5.31. The minimum Gasteiger partial charge on any atom is -0.490 e. The van der Waals surface area contributed by atoms with Crippen LogP contribution < -0.4 is 10.1 Å². The van der Waals surface area contributed by atoms with E-state index in [1.807, 2.05) is 0 Å². The highest BCUT2D eigenvalue weighted by Crippen LogP contribution is 2.29. The summed E-state index contributed by atoms with van der Waals surface area (Å²) in [4.78, 5) is 21.5. The lowest BCUT2D eigenvalue weighted by atomic mass is 10.3. The van der Waals surface area contributed by atoms with Crippen molar-refractivity contribution in [1.82, 2.24) is 5.32 Å². The van der Waals surface area contributed by atoms with Gasteiger partial charge in [-0.1, -0.05) is 0 Å². The van der Waals surface area contributed by atoms with Gasteiger partial charge < -0.3 is 14.8 Å². The van der Waals surface area contributed by atoms with Gasteiger partial charge in [-0.15, -0.1) is 0 Å². The van der Waals surface area contributed by atoms with E-state index in [9.17, 15) is 14.9 Å². The zero-order valence-corrected chi connectivity index (χ0v) is 12.0. The zero-order valence-electron chi connectivity index (χ0n) is 10.4. The van der Waals surface area contributed by atoms with Gasteiger partial charge in [0.1, 0.15) is 18.4 Å². The summed E-state index contributed by atoms with van der Waals surface area (Å²) in [5.74, 6) is -0.178. The van der Waals surface area contributed by atoms with Gasteiger partial charge in [0.25, 0.3) is 5.69 Å². The zero-order chi connectivity index (χ0) is 14.4. The van der Waals surface area contributed by atoms with E-state index in [1.165, 1.54) is 25.3 Å². The molecule has 1 N–H and O–H groups in total. The molecular formula is C11H13BrN2O5. The molecule has 0 spiro atoms. The molecular weight excluding hydrogens is 320 g/mol. The number of carbonyl (C=O) groups is 1. The normalized spacial score (nSPS) is 11.7. The second-order valence-electron chi connectivity index (χ2n) is 3.55. The largest absolute Gasteiger partial charge is 0.490 e. The van der Waals surface area contributed by atoms with Gasteiger partial charge >= 0.3 is 5.97 Å². The molecule has 1 unspecified atom stereocenters. The molecule has 7 nitrogen and oxygen atoms in total. The van der Waals surface area contributed by atoms with Crippen LogP contribution in [0, 0.1) is 10.1 Å². The van der Waals surface area contributed by atoms with E-state index in [0.29, 0.717) is 10.2 Å². The number of nitrogens with one attached hydrogen (secondary N) is 1. The molecule has 0 aliphatic heterocycles. The smallest absolute Gasteiger partial charge is 0.326 e. The molecule has 0 bridgehead atoms. The van der Waals surface area contributed by atoms with Gasteiger partial charge in [-0.25, -0.2) is 0 Å². The van der Waals surface area contributed by atoms with Gasteiger partial charge in [-0.3, -0.25) is 14.9 Å². The van der Waals surface area contributed by atoms with Crippen LogP contribution in [-0.4, -0.2) is 37.7 Å². The molecule has 0 saturated carbocycles. The topological polar surface area (TPSA) is 90.7 Å². The van der Waals surface area contributed by atoms with Crippen molar-refractivity contribution in [1.29, 1.82) is 0 Å². The van der Waals surface area contributed by atoms with Crippen LogP contribution in [0.15, 0.2) is 22.7 Å². The highest BCUT2D eigenvalue weighted by Gasteiger charge is 2.19. The third-order valence-electron chi connectivity index (χ3n) is 2.37. The SMILES string of the molecule is CNC(COc1cc([N+](=O)[O-])ccc1Br)C(=O)OC. The molecule has 0 aliphatic rings. The number of rotatable bonds is 6. The lowest BCUT2D eigenvalue weighted by Crippen LogP contribution is -2.40. The maximum atomic E-state index is 11.3. The number of methoxy groups -OCH3 is 1. The average Bonchev–Trinajstić information content (AvgIpc) is 2.40. The van der Waals surface area contributed by atoms with Crippen LogP contribution >= 0.6 is 15.9 Å². The maximum Gasteiger partial charge on any atom is 0.326 e. The highest BCUT2D eigenvalue weighted by atomic mass is 79.9. The summed E-state index contributed by atoms with van der Waals surface area (Å²) in [5.41, 5.74) is -0.0859. The summed E-state index contributed by atoms with van der Waals surface area (Å²) >= 11 is 3.22. The summed E-state index contributed by atoms with van der Waals surface area (Å²) < 4.78 is 10.5. The number of carbonyl (C=O) groups excluding carboxylic acids is 1. The number of nitro groups is 1. The fourth-order valence-corrected chi connectivity index (χ4v) is 1.66. The van der Waals surface area contributed by atoms with Crippen LogP contribution in [0.3, 0.4) is 0 Å². The van der Waals surface area contributed by atoms with E-state index >= 15 is 0 Å². The predicted octanol–water partition coefficient (Wildman–Crippen LogP) is 1.50. The minimum absolute atomic E-state index is 0.00292. The van der Waals surface area contributed by atoms with Crippen LogP contribution in [0.1, 0.15) is 0 Å². The van der Waals surface area contributed by atoms with Crippen molar-refractivity contribution < 1.29 is 19.2 Å². The van der Waals surface area contributed by atoms with E-state index < -0.39 is 16.9 Å². The van der Waals surface area contributed by atoms with Crippen molar-refractivity contribution in [2.75, 3.05) is 20.8 Å². The summed E-state index contributed by atoms with van der Waals surface area (Å²) in [6.07, 6.45) is 0. The van der Waals surface area contributed by atoms with Crippen molar-refractivity contribution in [3.05, 3.63) is 32.8 Å². The van der Waals surface area contributed by atoms with Crippen molar-refractivity contribution in [2.45, 2.75) is 6.04 Å². The van der Waals surface area contributed by atoms with Gasteiger partial charge in [0, 0.05) is 6.07 Å². The van der Waals surface area contributed by atoms with Gasteiger partial charge in [0.05, 0.1) is 22.6 Å². The predicted molar refractivity (Wildman–Crippen MR) is 71.2 cm³/mol. The Morgan fingerprint density at radius 1 is 1.58 bits per heavy atom. The number of non-ortho nitro benzene ring substituents is 1. The maximum absolute atomic E-state index is 11.3. The number of hydrogen-bond donors (Lipinski definition) is 1. The number of nitrogens with zero attached hydrogens (tertiary/aromatic N) is 1. The molecule has 0 aliphatic carbocycles. The van der Waals surface area contributed by atoms with Crippen LogP contribution in [0.5, 0.6) is 5.75 Å². The number of ether oxygens (including phenoxy) is 2. The summed E-state index contributed by atoms with van der Waals surface area (Å²) in [6.45, 7) is 0.00292. The summed E-state index contributed by atoms with van der Waals surface area (Å²) in [7, 11) is 2.86. The third kappa shape index (κ3) is 4.18. The number of likely N-dealkylation sites (N-methyl/N-ethyl adjacent to an activating group) is 1. The van der Waals surface area contributed by atoms with Gasteiger partial charge in [-0.05, 0) is 29.0 Å². The Bertz CT molecular complexity index is 480. The van der Waals surface area contributed by atoms with E-state index in [1.54, 1.807) is 7.05 Å². The van der Waals surface area contributed by atoms with Crippen molar-refractivity contribution in [3.63, 3.8) is 0 Å². The Morgan fingerprint density at radius 3 is 2.79 bits per heavy atom. The molecule has 0 saturated heterocycles. The second-order valence-corrected chi connectivity index (χ2v) is 4.40. The van der Waals surface area contributed by atoms with Crippen LogP contribution in [0.4, 0.5) is 5.69 Å². The Hall–Kier alpha value is -1.67.